The van der Waals surface area contributed by atoms with Gasteiger partial charge in [0, 0.05) is 98.0 Å². The molecule has 3 aromatic heterocycles. The number of anilines is 1. The largest absolute Gasteiger partial charge is 0.464 e. The van der Waals surface area contributed by atoms with Crippen LogP contribution in [0.4, 0.5) is 10.1 Å². The standard InChI is InChI=1S/C57H75FN8O9S/c1-32(58)29-73-51-49(61-55(69)57-25-37(26-57)33(2)75-57)53(67)66-39-21-36(22-39)48(62-66)54(68)74-31-56(4,5)27-44-42-23-35(45-30-76-52(51)60-45)7-10-46(42)65(17-20-72-41-11-18-71-19-12-41)50(44)43-24-40(28-59-47(43)34(3)70-6)64-15-13-63(14-16-64)38-8-9-38/h7,10,23-24,28,30,32-34,36-39,41,48-49,51,62H,8-9,11-22,25-27,29,31H2,1-6H3,(H,61,69)/t32-,33-,34-,36?,37?,39?,48-,49-,51-,57?/m0/s1. The number of piperazine rings is 1. The van der Waals surface area contributed by atoms with Gasteiger partial charge < -0.3 is 43.2 Å². The van der Waals surface area contributed by atoms with Gasteiger partial charge in [-0.2, -0.15) is 0 Å². The number of carbonyl (C=O) groups is 3. The van der Waals surface area contributed by atoms with Gasteiger partial charge in [-0.15, -0.1) is 11.3 Å². The smallest absolute Gasteiger partial charge is 0.325 e. The summed E-state index contributed by atoms with van der Waals surface area (Å²) in [6, 6.07) is 7.05. The molecule has 6 atom stereocenters. The van der Waals surface area contributed by atoms with Gasteiger partial charge in [-0.25, -0.2) is 14.8 Å². The number of hydrogen-bond donors (Lipinski definition) is 2. The average Bonchev–Trinajstić information content (AvgIpc) is 3.79. The zero-order valence-electron chi connectivity index (χ0n) is 44.9. The summed E-state index contributed by atoms with van der Waals surface area (Å²) in [5, 5.41) is 7.90. The van der Waals surface area contributed by atoms with Crippen LogP contribution in [0.15, 0.2) is 35.8 Å². The molecule has 76 heavy (non-hydrogen) atoms. The summed E-state index contributed by atoms with van der Waals surface area (Å²) in [4.78, 5) is 59.7. The second-order valence-corrected chi connectivity index (χ2v) is 24.7. The number of halogens is 1. The minimum atomic E-state index is -1.38. The summed E-state index contributed by atoms with van der Waals surface area (Å²) in [6.07, 6.45) is 6.15. The minimum Gasteiger partial charge on any atom is -0.464 e. The van der Waals surface area contributed by atoms with Crippen LogP contribution in [0.1, 0.15) is 114 Å². The molecule has 3 aliphatic carbocycles. The van der Waals surface area contributed by atoms with Crippen LogP contribution in [-0.2, 0) is 55.8 Å². The van der Waals surface area contributed by atoms with Crippen molar-refractivity contribution in [3.8, 4) is 22.5 Å². The number of fused-ring (bicyclic) bond motifs is 5. The van der Waals surface area contributed by atoms with E-state index in [1.165, 1.54) is 36.1 Å². The van der Waals surface area contributed by atoms with E-state index < -0.39 is 53.2 Å². The van der Waals surface area contributed by atoms with Crippen molar-refractivity contribution < 1.29 is 47.2 Å². The number of pyridine rings is 1. The number of methoxy groups -OCH3 is 1. The predicted molar refractivity (Wildman–Crippen MR) is 284 cm³/mol. The van der Waals surface area contributed by atoms with E-state index >= 15 is 4.79 Å². The summed E-state index contributed by atoms with van der Waals surface area (Å²) in [6.45, 7) is 15.7. The van der Waals surface area contributed by atoms with Crippen molar-refractivity contribution in [1.82, 2.24) is 35.2 Å². The Morgan fingerprint density at radius 3 is 2.50 bits per heavy atom. The third-order valence-corrected chi connectivity index (χ3v) is 18.7. The number of nitrogens with zero attached hydrogens (tertiary/aromatic N) is 6. The Bertz CT molecular complexity index is 2810. The molecular weight excluding hydrogens is 992 g/mol. The number of cyclic esters (lactones) is 1. The number of aromatic nitrogens is 3. The van der Waals surface area contributed by atoms with E-state index in [2.05, 4.69) is 63.2 Å². The second-order valence-electron chi connectivity index (χ2n) is 23.8. The van der Waals surface area contributed by atoms with Crippen molar-refractivity contribution in [3.05, 3.63) is 52.1 Å². The Morgan fingerprint density at radius 2 is 1.79 bits per heavy atom. The summed E-state index contributed by atoms with van der Waals surface area (Å²) in [7, 11) is 1.72. The summed E-state index contributed by atoms with van der Waals surface area (Å²) >= 11 is 1.30. The van der Waals surface area contributed by atoms with Crippen molar-refractivity contribution in [2.75, 3.05) is 71.2 Å². The maximum absolute atomic E-state index is 15.2. The van der Waals surface area contributed by atoms with Crippen LogP contribution in [0, 0.1) is 17.3 Å². The van der Waals surface area contributed by atoms with Gasteiger partial charge in [0.1, 0.15) is 35.0 Å². The van der Waals surface area contributed by atoms with Gasteiger partial charge in [0.2, 0.25) is 0 Å². The topological polar surface area (TPSA) is 171 Å². The van der Waals surface area contributed by atoms with E-state index in [1.807, 2.05) is 25.4 Å². The highest BCUT2D eigenvalue weighted by atomic mass is 32.1. The SMILES string of the molecule is CO[C@@H](C)c1ncc(N2CCN(C3CC3)CC2)cc1-c1c2c3cc(ccc3n1CCOC1CCOCC1)-c1csc(n1)[C@@H](OC[C@H](C)F)[C@H](NC(=O)C13CC(C1)[C@H](C)O3)C(=O)N1N[C@H](C(=O)OCC(C)(C)C2)C2CC1C2. The van der Waals surface area contributed by atoms with Crippen LogP contribution < -0.4 is 15.6 Å². The molecule has 6 saturated heterocycles. The molecule has 7 aliphatic heterocycles. The lowest BCUT2D eigenvalue weighted by atomic mass is 9.72. The summed E-state index contributed by atoms with van der Waals surface area (Å²) < 4.78 is 54.8. The normalized spacial score (nSPS) is 30.6. The molecule has 3 saturated carbocycles. The maximum Gasteiger partial charge on any atom is 0.325 e. The number of hydrazine groups is 1. The first kappa shape index (κ1) is 52.1. The molecule has 10 aliphatic rings. The fraction of sp³-hybridized carbons (Fsp3) is 0.667. The van der Waals surface area contributed by atoms with E-state index in [9.17, 15) is 14.0 Å². The quantitative estimate of drug-likeness (QED) is 0.123. The van der Waals surface area contributed by atoms with Crippen LogP contribution in [0.3, 0.4) is 0 Å². The Hall–Kier alpha value is -4.60. The van der Waals surface area contributed by atoms with Gasteiger partial charge in [0.05, 0.1) is 67.1 Å². The Labute approximate surface area is 448 Å². The van der Waals surface area contributed by atoms with Crippen molar-refractivity contribution in [3.63, 3.8) is 0 Å². The third-order valence-electron chi connectivity index (χ3n) is 17.8. The van der Waals surface area contributed by atoms with E-state index in [-0.39, 0.29) is 49.4 Å². The van der Waals surface area contributed by atoms with Gasteiger partial charge in [0.25, 0.3) is 11.8 Å². The molecule has 9 fully saturated rings. The molecule has 2 amide bonds. The number of hydrogen-bond acceptors (Lipinski definition) is 15. The van der Waals surface area contributed by atoms with Gasteiger partial charge >= 0.3 is 5.97 Å². The number of alkyl halides is 1. The molecule has 2 N–H and O–H groups in total. The fourth-order valence-corrected chi connectivity index (χ4v) is 14.0. The first-order valence-electron chi connectivity index (χ1n) is 28.0. The summed E-state index contributed by atoms with van der Waals surface area (Å²) in [5.74, 6) is -1.15. The molecule has 14 rings (SSSR count). The molecule has 17 nitrogen and oxygen atoms in total. The van der Waals surface area contributed by atoms with Gasteiger partial charge in [-0.05, 0) is 114 Å². The Morgan fingerprint density at radius 1 is 1.01 bits per heavy atom. The number of esters is 1. The lowest BCUT2D eigenvalue weighted by Gasteiger charge is -2.53. The van der Waals surface area contributed by atoms with Crippen LogP contribution in [0.25, 0.3) is 33.4 Å². The number of rotatable bonds is 14. The molecule has 410 valence electrons. The van der Waals surface area contributed by atoms with E-state index in [0.29, 0.717) is 75.2 Å². The molecule has 10 bridgehead atoms. The van der Waals surface area contributed by atoms with Crippen molar-refractivity contribution in [2.45, 2.75) is 159 Å². The van der Waals surface area contributed by atoms with Crippen LogP contribution in [0.2, 0.25) is 0 Å². The first-order chi connectivity index (χ1) is 36.7. The molecule has 0 spiro atoms. The van der Waals surface area contributed by atoms with E-state index in [0.717, 1.165) is 83.7 Å². The maximum atomic E-state index is 15.2. The second kappa shape index (κ2) is 20.9. The van der Waals surface area contributed by atoms with Gasteiger partial charge in [-0.1, -0.05) is 19.9 Å². The molecule has 19 heteroatoms. The number of amides is 2. The lowest BCUT2D eigenvalue weighted by molar-refractivity contribution is -0.174. The number of nitrogens with one attached hydrogen (secondary N) is 2. The zero-order chi connectivity index (χ0) is 52.6. The number of ether oxygens (including phenoxy) is 6. The number of benzene rings is 1. The molecule has 0 radical (unpaired) electrons. The molecule has 4 aromatic rings. The average molecular weight is 1070 g/mol. The van der Waals surface area contributed by atoms with Crippen molar-refractivity contribution in [1.29, 1.82) is 0 Å². The number of thiazole rings is 1. The minimum absolute atomic E-state index is 0.0487. The predicted octanol–water partition coefficient (Wildman–Crippen LogP) is 7.10. The lowest BCUT2D eigenvalue weighted by Crippen LogP contribution is -2.72. The number of carbonyl (C=O) groups excluding carboxylic acids is 3. The van der Waals surface area contributed by atoms with Gasteiger partial charge in [0.15, 0.2) is 0 Å². The Balaban J connectivity index is 0.998. The zero-order valence-corrected chi connectivity index (χ0v) is 45.7. The monoisotopic (exact) mass is 1070 g/mol. The van der Waals surface area contributed by atoms with Crippen molar-refractivity contribution >= 4 is 45.7 Å². The first-order valence-corrected chi connectivity index (χ1v) is 28.9. The van der Waals surface area contributed by atoms with Crippen molar-refractivity contribution in [2.24, 2.45) is 17.3 Å². The summed E-state index contributed by atoms with van der Waals surface area (Å²) in [5.41, 5.74) is 9.02. The van der Waals surface area contributed by atoms with Gasteiger partial charge in [-0.3, -0.25) is 29.3 Å². The molecular formula is C57H75FN8O9S. The highest BCUT2D eigenvalue weighted by Gasteiger charge is 2.62. The van der Waals surface area contributed by atoms with E-state index in [1.54, 1.807) is 7.11 Å². The fourth-order valence-electron chi connectivity index (χ4n) is 13.0. The van der Waals surface area contributed by atoms with Crippen LogP contribution in [-0.4, -0.2) is 157 Å². The van der Waals surface area contributed by atoms with Crippen LogP contribution in [0.5, 0.6) is 0 Å². The molecule has 10 heterocycles. The third kappa shape index (κ3) is 9.98. The van der Waals surface area contributed by atoms with Crippen LogP contribution >= 0.6 is 11.3 Å². The van der Waals surface area contributed by atoms with E-state index in [4.69, 9.17) is 38.4 Å². The Kier molecular flexibility index (Phi) is 14.3. The highest BCUT2D eigenvalue weighted by molar-refractivity contribution is 7.10. The molecule has 0 unspecified atom stereocenters. The molecule has 1 aromatic carbocycles. The highest BCUT2D eigenvalue weighted by Crippen LogP contribution is 2.53.